The number of halogens is 1. The van der Waals surface area contributed by atoms with Gasteiger partial charge in [0.15, 0.2) is 0 Å². The lowest BCUT2D eigenvalue weighted by atomic mass is 10.1. The van der Waals surface area contributed by atoms with Crippen molar-refractivity contribution in [3.63, 3.8) is 0 Å². The van der Waals surface area contributed by atoms with E-state index < -0.39 is 0 Å². The molecule has 0 bridgehead atoms. The van der Waals surface area contributed by atoms with Gasteiger partial charge in [0.2, 0.25) is 0 Å². The van der Waals surface area contributed by atoms with Gasteiger partial charge in [-0.05, 0) is 19.1 Å². The predicted molar refractivity (Wildman–Crippen MR) is 50.6 cm³/mol. The third-order valence-corrected chi connectivity index (χ3v) is 1.92. The fourth-order valence-electron chi connectivity index (χ4n) is 1.06. The first-order chi connectivity index (χ1) is 5.65. The molecule has 0 amide bonds. The molecule has 1 aromatic rings. The van der Waals surface area contributed by atoms with Crippen molar-refractivity contribution in [3.8, 4) is 5.75 Å². The van der Waals surface area contributed by atoms with Crippen LogP contribution in [0.15, 0.2) is 18.2 Å². The van der Waals surface area contributed by atoms with Crippen LogP contribution < -0.4 is 10.5 Å². The van der Waals surface area contributed by atoms with Crippen LogP contribution in [0.3, 0.4) is 0 Å². The summed E-state index contributed by atoms with van der Waals surface area (Å²) in [6.07, 6.45) is 0. The summed E-state index contributed by atoms with van der Waals surface area (Å²) in [6.45, 7) is 1.91. The third kappa shape index (κ3) is 1.90. The quantitative estimate of drug-likeness (QED) is 0.768. The normalized spacial score (nSPS) is 12.7. The van der Waals surface area contributed by atoms with E-state index in [0.717, 1.165) is 11.3 Å². The number of rotatable bonds is 2. The molecule has 0 unspecified atom stereocenters. The molecule has 0 saturated heterocycles. The van der Waals surface area contributed by atoms with Crippen LogP contribution in [0.2, 0.25) is 5.02 Å². The standard InChI is InChI=1S/C9H12ClNO/c1-6(11)8-4-3-7(10)5-9(8)12-2/h3-6H,11H2,1-2H3/t6-/m1/s1. The molecule has 1 aromatic carbocycles. The zero-order valence-corrected chi connectivity index (χ0v) is 7.93. The second-order valence-electron chi connectivity index (χ2n) is 2.67. The lowest BCUT2D eigenvalue weighted by Gasteiger charge is -2.11. The van der Waals surface area contributed by atoms with Gasteiger partial charge in [0.05, 0.1) is 7.11 Å². The number of hydrogen-bond acceptors (Lipinski definition) is 2. The highest BCUT2D eigenvalue weighted by Crippen LogP contribution is 2.26. The van der Waals surface area contributed by atoms with E-state index in [1.54, 1.807) is 13.2 Å². The fourth-order valence-corrected chi connectivity index (χ4v) is 1.22. The molecule has 66 valence electrons. The summed E-state index contributed by atoms with van der Waals surface area (Å²) < 4.78 is 5.12. The van der Waals surface area contributed by atoms with Gasteiger partial charge in [-0.2, -0.15) is 0 Å². The monoisotopic (exact) mass is 185 g/mol. The number of ether oxygens (including phenoxy) is 1. The lowest BCUT2D eigenvalue weighted by molar-refractivity contribution is 0.407. The van der Waals surface area contributed by atoms with Gasteiger partial charge in [-0.15, -0.1) is 0 Å². The highest BCUT2D eigenvalue weighted by Gasteiger charge is 2.06. The van der Waals surface area contributed by atoms with Crippen LogP contribution in [0.25, 0.3) is 0 Å². The molecule has 3 heteroatoms. The van der Waals surface area contributed by atoms with E-state index in [1.807, 2.05) is 19.1 Å². The van der Waals surface area contributed by atoms with E-state index in [-0.39, 0.29) is 6.04 Å². The second kappa shape index (κ2) is 3.78. The van der Waals surface area contributed by atoms with Gasteiger partial charge < -0.3 is 10.5 Å². The largest absolute Gasteiger partial charge is 0.496 e. The Balaban J connectivity index is 3.11. The van der Waals surface area contributed by atoms with Crippen LogP contribution in [0, 0.1) is 0 Å². The van der Waals surface area contributed by atoms with Gasteiger partial charge in [-0.3, -0.25) is 0 Å². The predicted octanol–water partition coefficient (Wildman–Crippen LogP) is 2.37. The maximum Gasteiger partial charge on any atom is 0.125 e. The summed E-state index contributed by atoms with van der Waals surface area (Å²) in [5.41, 5.74) is 6.69. The van der Waals surface area contributed by atoms with Crippen molar-refractivity contribution < 1.29 is 4.74 Å². The number of hydrogen-bond donors (Lipinski definition) is 1. The Labute approximate surface area is 77.3 Å². The first-order valence-corrected chi connectivity index (χ1v) is 4.12. The van der Waals surface area contributed by atoms with Gasteiger partial charge in [-0.25, -0.2) is 0 Å². The summed E-state index contributed by atoms with van der Waals surface area (Å²) in [6, 6.07) is 5.42. The smallest absolute Gasteiger partial charge is 0.125 e. The first-order valence-electron chi connectivity index (χ1n) is 3.74. The fraction of sp³-hybridized carbons (Fsp3) is 0.333. The maximum atomic E-state index is 5.78. The van der Waals surface area contributed by atoms with Gasteiger partial charge in [0.25, 0.3) is 0 Å². The molecule has 2 N–H and O–H groups in total. The third-order valence-electron chi connectivity index (χ3n) is 1.69. The van der Waals surface area contributed by atoms with Crippen molar-refractivity contribution in [2.75, 3.05) is 7.11 Å². The average molecular weight is 186 g/mol. The van der Waals surface area contributed by atoms with Crippen LogP contribution in [-0.4, -0.2) is 7.11 Å². The SMILES string of the molecule is COc1cc(Cl)ccc1[C@@H](C)N. The Morgan fingerprint density at radius 2 is 2.17 bits per heavy atom. The molecule has 0 aliphatic heterocycles. The number of methoxy groups -OCH3 is 1. The van der Waals surface area contributed by atoms with E-state index in [2.05, 4.69) is 0 Å². The molecule has 0 heterocycles. The van der Waals surface area contributed by atoms with E-state index in [1.165, 1.54) is 0 Å². The number of nitrogens with two attached hydrogens (primary N) is 1. The van der Waals surface area contributed by atoms with E-state index in [0.29, 0.717) is 5.02 Å². The highest BCUT2D eigenvalue weighted by atomic mass is 35.5. The molecule has 0 saturated carbocycles. The molecule has 12 heavy (non-hydrogen) atoms. The zero-order chi connectivity index (χ0) is 9.14. The van der Waals surface area contributed by atoms with Crippen molar-refractivity contribution in [1.82, 2.24) is 0 Å². The Morgan fingerprint density at radius 3 is 2.67 bits per heavy atom. The first kappa shape index (κ1) is 9.36. The Morgan fingerprint density at radius 1 is 1.50 bits per heavy atom. The second-order valence-corrected chi connectivity index (χ2v) is 3.11. The molecule has 0 radical (unpaired) electrons. The summed E-state index contributed by atoms with van der Waals surface area (Å²) in [4.78, 5) is 0. The van der Waals surface area contributed by atoms with Crippen LogP contribution >= 0.6 is 11.6 Å². The minimum atomic E-state index is -0.0304. The summed E-state index contributed by atoms with van der Waals surface area (Å²) >= 11 is 5.78. The minimum Gasteiger partial charge on any atom is -0.496 e. The van der Waals surface area contributed by atoms with Crippen LogP contribution in [-0.2, 0) is 0 Å². The molecule has 0 fully saturated rings. The summed E-state index contributed by atoms with van der Waals surface area (Å²) in [5, 5.41) is 0.663. The highest BCUT2D eigenvalue weighted by molar-refractivity contribution is 6.30. The topological polar surface area (TPSA) is 35.2 Å². The Bertz CT molecular complexity index is 273. The molecular weight excluding hydrogens is 174 g/mol. The lowest BCUT2D eigenvalue weighted by Crippen LogP contribution is -2.06. The van der Waals surface area contributed by atoms with Crippen molar-refractivity contribution in [2.45, 2.75) is 13.0 Å². The summed E-state index contributed by atoms with van der Waals surface area (Å²) in [7, 11) is 1.61. The van der Waals surface area contributed by atoms with Gasteiger partial charge in [-0.1, -0.05) is 17.7 Å². The van der Waals surface area contributed by atoms with Crippen molar-refractivity contribution in [1.29, 1.82) is 0 Å². The molecule has 0 spiro atoms. The summed E-state index contributed by atoms with van der Waals surface area (Å²) in [5.74, 6) is 0.748. The van der Waals surface area contributed by atoms with Gasteiger partial charge >= 0.3 is 0 Å². The molecule has 0 aliphatic carbocycles. The van der Waals surface area contributed by atoms with E-state index >= 15 is 0 Å². The van der Waals surface area contributed by atoms with Gasteiger partial charge in [0, 0.05) is 16.6 Å². The van der Waals surface area contributed by atoms with Crippen LogP contribution in [0.1, 0.15) is 18.5 Å². The molecule has 1 atom stereocenters. The molecular formula is C9H12ClNO. The number of benzene rings is 1. The van der Waals surface area contributed by atoms with Crippen molar-refractivity contribution in [3.05, 3.63) is 28.8 Å². The molecule has 1 rings (SSSR count). The molecule has 0 aromatic heterocycles. The maximum absolute atomic E-state index is 5.78. The van der Waals surface area contributed by atoms with Crippen LogP contribution in [0.4, 0.5) is 0 Å². The Hall–Kier alpha value is -0.730. The molecule has 0 aliphatic rings. The average Bonchev–Trinajstić information content (AvgIpc) is 2.03. The van der Waals surface area contributed by atoms with E-state index in [4.69, 9.17) is 22.1 Å². The van der Waals surface area contributed by atoms with Crippen LogP contribution in [0.5, 0.6) is 5.75 Å². The van der Waals surface area contributed by atoms with E-state index in [9.17, 15) is 0 Å². The minimum absolute atomic E-state index is 0.0304. The zero-order valence-electron chi connectivity index (χ0n) is 7.17. The molecule has 2 nitrogen and oxygen atoms in total. The van der Waals surface area contributed by atoms with Crippen molar-refractivity contribution in [2.24, 2.45) is 5.73 Å². The Kier molecular flexibility index (Phi) is 2.95. The van der Waals surface area contributed by atoms with Crippen molar-refractivity contribution >= 4 is 11.6 Å². The van der Waals surface area contributed by atoms with Gasteiger partial charge in [0.1, 0.15) is 5.75 Å².